The van der Waals surface area contributed by atoms with Crippen LogP contribution in [0.15, 0.2) is 6.20 Å². The molecule has 0 aliphatic heterocycles. The molecule has 0 aromatic carbocycles. The lowest BCUT2D eigenvalue weighted by atomic mass is 10.1. The van der Waals surface area contributed by atoms with Crippen molar-refractivity contribution >= 4 is 23.4 Å². The molecule has 0 aliphatic rings. The second-order valence-corrected chi connectivity index (χ2v) is 4.90. The summed E-state index contributed by atoms with van der Waals surface area (Å²) in [6.45, 7) is 9.33. The van der Waals surface area contributed by atoms with Crippen molar-refractivity contribution in [1.29, 1.82) is 0 Å². The van der Waals surface area contributed by atoms with Crippen LogP contribution in [0.4, 0.5) is 11.8 Å². The summed E-state index contributed by atoms with van der Waals surface area (Å²) in [5.74, 6) is 1.93. The molecule has 1 aromatic rings. The van der Waals surface area contributed by atoms with E-state index >= 15 is 0 Å². The normalized spacial score (nSPS) is 12.6. The lowest BCUT2D eigenvalue weighted by Gasteiger charge is -2.29. The van der Waals surface area contributed by atoms with Crippen molar-refractivity contribution in [3.63, 3.8) is 0 Å². The molecule has 17 heavy (non-hydrogen) atoms. The van der Waals surface area contributed by atoms with E-state index in [1.54, 1.807) is 6.20 Å². The number of anilines is 2. The van der Waals surface area contributed by atoms with Gasteiger partial charge in [0.1, 0.15) is 5.02 Å². The fraction of sp³-hybridized carbons (Fsp3) is 0.667. The second kappa shape index (κ2) is 6.05. The minimum Gasteiger partial charge on any atom is -0.355 e. The standard InChI is InChI=1S/C12H21ClN4/c1-6-14-12-15-7-10(13)11(16-12)17(5)9(4)8(2)3/h7-9H,6H2,1-5H3,(H,14,15,16). The van der Waals surface area contributed by atoms with E-state index in [1.165, 1.54) is 0 Å². The molecule has 1 N–H and O–H groups in total. The van der Waals surface area contributed by atoms with Crippen LogP contribution in [0.3, 0.4) is 0 Å². The van der Waals surface area contributed by atoms with Gasteiger partial charge in [-0.05, 0) is 19.8 Å². The van der Waals surface area contributed by atoms with Gasteiger partial charge in [-0.15, -0.1) is 0 Å². The van der Waals surface area contributed by atoms with E-state index in [2.05, 4.69) is 41.0 Å². The lowest BCUT2D eigenvalue weighted by molar-refractivity contribution is 0.502. The Morgan fingerprint density at radius 1 is 1.41 bits per heavy atom. The molecule has 0 amide bonds. The summed E-state index contributed by atoms with van der Waals surface area (Å²) < 4.78 is 0. The molecule has 1 heterocycles. The zero-order valence-corrected chi connectivity index (χ0v) is 11.9. The first-order chi connectivity index (χ1) is 7.97. The van der Waals surface area contributed by atoms with E-state index in [1.807, 2.05) is 14.0 Å². The largest absolute Gasteiger partial charge is 0.355 e. The Balaban J connectivity index is 2.98. The highest BCUT2D eigenvalue weighted by molar-refractivity contribution is 6.32. The van der Waals surface area contributed by atoms with Crippen molar-refractivity contribution in [3.8, 4) is 0 Å². The SMILES string of the molecule is CCNc1ncc(Cl)c(N(C)C(C)C(C)C)n1. The van der Waals surface area contributed by atoms with Gasteiger partial charge in [-0.2, -0.15) is 4.98 Å². The zero-order chi connectivity index (χ0) is 13.0. The van der Waals surface area contributed by atoms with E-state index in [0.29, 0.717) is 22.9 Å². The first-order valence-electron chi connectivity index (χ1n) is 5.96. The third-order valence-corrected chi connectivity index (χ3v) is 3.24. The van der Waals surface area contributed by atoms with Gasteiger partial charge in [-0.25, -0.2) is 4.98 Å². The maximum absolute atomic E-state index is 6.15. The maximum Gasteiger partial charge on any atom is 0.224 e. The van der Waals surface area contributed by atoms with Gasteiger partial charge in [0.15, 0.2) is 5.82 Å². The van der Waals surface area contributed by atoms with Crippen LogP contribution in [-0.2, 0) is 0 Å². The van der Waals surface area contributed by atoms with Crippen molar-refractivity contribution in [2.75, 3.05) is 23.8 Å². The summed E-state index contributed by atoms with van der Waals surface area (Å²) in [6, 6.07) is 0.372. The van der Waals surface area contributed by atoms with Gasteiger partial charge in [-0.1, -0.05) is 25.4 Å². The highest BCUT2D eigenvalue weighted by atomic mass is 35.5. The number of aromatic nitrogens is 2. The van der Waals surface area contributed by atoms with Gasteiger partial charge < -0.3 is 10.2 Å². The monoisotopic (exact) mass is 256 g/mol. The fourth-order valence-electron chi connectivity index (χ4n) is 1.49. The van der Waals surface area contributed by atoms with Crippen molar-refractivity contribution in [2.24, 2.45) is 5.92 Å². The Morgan fingerprint density at radius 3 is 2.59 bits per heavy atom. The van der Waals surface area contributed by atoms with Gasteiger partial charge in [0.05, 0.1) is 6.20 Å². The predicted octanol–water partition coefficient (Wildman–Crippen LogP) is 3.04. The highest BCUT2D eigenvalue weighted by Gasteiger charge is 2.18. The molecule has 0 saturated carbocycles. The summed E-state index contributed by atoms with van der Waals surface area (Å²) in [5, 5.41) is 3.68. The minimum atomic E-state index is 0.372. The second-order valence-electron chi connectivity index (χ2n) is 4.49. The number of rotatable bonds is 5. The van der Waals surface area contributed by atoms with Crippen LogP contribution in [0.2, 0.25) is 5.02 Å². The molecule has 1 aromatic heterocycles. The van der Waals surface area contributed by atoms with Crippen LogP contribution in [-0.4, -0.2) is 29.6 Å². The van der Waals surface area contributed by atoms with E-state index in [-0.39, 0.29) is 0 Å². The molecule has 1 rings (SSSR count). The van der Waals surface area contributed by atoms with Crippen molar-refractivity contribution < 1.29 is 0 Å². The Hall–Kier alpha value is -1.03. The molecule has 0 spiro atoms. The predicted molar refractivity (Wildman–Crippen MR) is 73.9 cm³/mol. The average Bonchev–Trinajstić information content (AvgIpc) is 2.30. The Morgan fingerprint density at radius 2 is 2.06 bits per heavy atom. The summed E-state index contributed by atoms with van der Waals surface area (Å²) in [7, 11) is 2.01. The van der Waals surface area contributed by atoms with Crippen LogP contribution in [0.25, 0.3) is 0 Å². The van der Waals surface area contributed by atoms with Crippen molar-refractivity contribution in [1.82, 2.24) is 9.97 Å². The number of halogens is 1. The van der Waals surface area contributed by atoms with Crippen LogP contribution in [0.1, 0.15) is 27.7 Å². The molecule has 0 saturated heterocycles. The summed E-state index contributed by atoms with van der Waals surface area (Å²) in [5.41, 5.74) is 0. The van der Waals surface area contributed by atoms with Gasteiger partial charge in [0.2, 0.25) is 5.95 Å². The van der Waals surface area contributed by atoms with Gasteiger partial charge in [0.25, 0.3) is 0 Å². The molecule has 0 radical (unpaired) electrons. The highest BCUT2D eigenvalue weighted by Crippen LogP contribution is 2.25. The Bertz CT molecular complexity index is 368. The first kappa shape index (κ1) is 14.0. The average molecular weight is 257 g/mol. The van der Waals surface area contributed by atoms with Crippen molar-refractivity contribution in [3.05, 3.63) is 11.2 Å². The van der Waals surface area contributed by atoms with Crippen molar-refractivity contribution in [2.45, 2.75) is 33.7 Å². The van der Waals surface area contributed by atoms with Crippen LogP contribution < -0.4 is 10.2 Å². The van der Waals surface area contributed by atoms with E-state index in [9.17, 15) is 0 Å². The number of hydrogen-bond acceptors (Lipinski definition) is 4. The Labute approximate surface area is 108 Å². The third kappa shape index (κ3) is 3.46. The summed E-state index contributed by atoms with van der Waals surface area (Å²) in [4.78, 5) is 10.7. The lowest BCUT2D eigenvalue weighted by Crippen LogP contribution is -2.34. The van der Waals surface area contributed by atoms with E-state index in [0.717, 1.165) is 12.4 Å². The number of nitrogens with one attached hydrogen (secondary N) is 1. The molecule has 4 nitrogen and oxygen atoms in total. The molecule has 96 valence electrons. The van der Waals surface area contributed by atoms with Crippen LogP contribution in [0.5, 0.6) is 0 Å². The van der Waals surface area contributed by atoms with Gasteiger partial charge in [-0.3, -0.25) is 0 Å². The Kier molecular flexibility index (Phi) is 5.00. The molecule has 0 fully saturated rings. The number of hydrogen-bond donors (Lipinski definition) is 1. The minimum absolute atomic E-state index is 0.372. The quantitative estimate of drug-likeness (QED) is 0.879. The maximum atomic E-state index is 6.15. The smallest absolute Gasteiger partial charge is 0.224 e. The molecule has 0 aliphatic carbocycles. The molecular weight excluding hydrogens is 236 g/mol. The molecule has 1 unspecified atom stereocenters. The zero-order valence-electron chi connectivity index (χ0n) is 11.2. The summed E-state index contributed by atoms with van der Waals surface area (Å²) in [6.07, 6.45) is 1.64. The molecular formula is C12H21ClN4. The summed E-state index contributed by atoms with van der Waals surface area (Å²) >= 11 is 6.15. The number of nitrogens with zero attached hydrogens (tertiary/aromatic N) is 3. The van der Waals surface area contributed by atoms with Gasteiger partial charge >= 0.3 is 0 Å². The van der Waals surface area contributed by atoms with E-state index < -0.39 is 0 Å². The topological polar surface area (TPSA) is 41.1 Å². The molecule has 1 atom stereocenters. The fourth-order valence-corrected chi connectivity index (χ4v) is 1.71. The van der Waals surface area contributed by atoms with Gasteiger partial charge in [0, 0.05) is 19.6 Å². The molecule has 5 heteroatoms. The van der Waals surface area contributed by atoms with E-state index in [4.69, 9.17) is 11.6 Å². The van der Waals surface area contributed by atoms with Crippen LogP contribution >= 0.6 is 11.6 Å². The first-order valence-corrected chi connectivity index (χ1v) is 6.34. The molecule has 0 bridgehead atoms. The van der Waals surface area contributed by atoms with Crippen LogP contribution in [0, 0.1) is 5.92 Å². The third-order valence-electron chi connectivity index (χ3n) is 2.97.